The van der Waals surface area contributed by atoms with Gasteiger partial charge in [0.2, 0.25) is 0 Å². The normalized spacial score (nSPS) is 17.6. The second-order valence-electron chi connectivity index (χ2n) is 11.3. The SMILES string of the molecule is COCCOc1cc(S(C)(=O)=O)ccc1NCC#Cc1sc2c(NC3CCN(CC4COC(=O)O4)CC3)cccc2c1CC(F)(F)F. The van der Waals surface area contributed by atoms with E-state index in [1.54, 1.807) is 18.2 Å². The molecule has 0 amide bonds. The van der Waals surface area contributed by atoms with Crippen molar-refractivity contribution in [1.29, 1.82) is 0 Å². The number of alkyl halides is 3. The zero-order valence-electron chi connectivity index (χ0n) is 25.9. The molecule has 2 aromatic carbocycles. The van der Waals surface area contributed by atoms with E-state index in [1.165, 1.54) is 30.6 Å². The summed E-state index contributed by atoms with van der Waals surface area (Å²) < 4.78 is 86.7. The Bertz CT molecular complexity index is 1740. The summed E-state index contributed by atoms with van der Waals surface area (Å²) in [5.74, 6) is 6.17. The number of ether oxygens (including phenoxy) is 4. The Labute approximate surface area is 275 Å². The fourth-order valence-corrected chi connectivity index (χ4v) is 7.29. The Morgan fingerprint density at radius 1 is 1.13 bits per heavy atom. The maximum absolute atomic E-state index is 13.7. The van der Waals surface area contributed by atoms with Crippen molar-refractivity contribution in [2.45, 2.75) is 42.5 Å². The number of carbonyl (C=O) groups is 1. The number of piperidine rings is 1. The summed E-state index contributed by atoms with van der Waals surface area (Å²) >= 11 is 1.23. The number of benzene rings is 2. The number of hydrogen-bond acceptors (Lipinski definition) is 11. The van der Waals surface area contributed by atoms with Crippen molar-refractivity contribution in [3.63, 3.8) is 0 Å². The van der Waals surface area contributed by atoms with Gasteiger partial charge in [-0.25, -0.2) is 13.2 Å². The summed E-state index contributed by atoms with van der Waals surface area (Å²) in [7, 11) is -1.95. The Balaban J connectivity index is 1.30. The van der Waals surface area contributed by atoms with E-state index in [0.29, 0.717) is 39.6 Å². The predicted octanol–water partition coefficient (Wildman–Crippen LogP) is 5.31. The van der Waals surface area contributed by atoms with Crippen molar-refractivity contribution in [2.75, 3.05) is 70.0 Å². The molecule has 2 aliphatic rings. The number of cyclic esters (lactones) is 2. The topological polar surface area (TPSA) is 115 Å². The maximum Gasteiger partial charge on any atom is 0.508 e. The van der Waals surface area contributed by atoms with E-state index in [0.717, 1.165) is 37.9 Å². The van der Waals surface area contributed by atoms with Crippen molar-refractivity contribution in [2.24, 2.45) is 0 Å². The average molecular weight is 696 g/mol. The van der Waals surface area contributed by atoms with E-state index in [2.05, 4.69) is 27.4 Å². The third-order valence-electron chi connectivity index (χ3n) is 7.75. The molecule has 1 unspecified atom stereocenters. The molecular weight excluding hydrogens is 659 g/mol. The zero-order valence-corrected chi connectivity index (χ0v) is 27.6. The molecule has 2 saturated heterocycles. The molecule has 3 aromatic rings. The van der Waals surface area contributed by atoms with E-state index in [4.69, 9.17) is 18.9 Å². The third-order valence-corrected chi connectivity index (χ3v) is 10.1. The predicted molar refractivity (Wildman–Crippen MR) is 173 cm³/mol. The molecule has 15 heteroatoms. The summed E-state index contributed by atoms with van der Waals surface area (Å²) in [4.78, 5) is 13.9. The minimum Gasteiger partial charge on any atom is -0.489 e. The number of hydrogen-bond donors (Lipinski definition) is 2. The van der Waals surface area contributed by atoms with Crippen LogP contribution in [-0.2, 0) is 30.5 Å². The van der Waals surface area contributed by atoms with Crippen LogP contribution >= 0.6 is 11.3 Å². The van der Waals surface area contributed by atoms with Gasteiger partial charge >= 0.3 is 12.3 Å². The highest BCUT2D eigenvalue weighted by Gasteiger charge is 2.32. The highest BCUT2D eigenvalue weighted by Crippen LogP contribution is 2.39. The molecule has 254 valence electrons. The molecule has 1 atom stereocenters. The van der Waals surface area contributed by atoms with E-state index in [1.807, 2.05) is 6.07 Å². The molecule has 2 aliphatic heterocycles. The number of halogens is 3. The molecular formula is C32H36F3N3O7S2. The number of likely N-dealkylation sites (tertiary alicyclic amines) is 1. The number of thiophene rings is 1. The van der Waals surface area contributed by atoms with Crippen molar-refractivity contribution in [3.8, 4) is 17.6 Å². The van der Waals surface area contributed by atoms with E-state index in [9.17, 15) is 26.4 Å². The van der Waals surface area contributed by atoms with Crippen LogP contribution in [-0.4, -0.2) is 97.2 Å². The molecule has 5 rings (SSSR count). The van der Waals surface area contributed by atoms with E-state index < -0.39 is 28.6 Å². The fraction of sp³-hybridized carbons (Fsp3) is 0.469. The molecule has 2 N–H and O–H groups in total. The lowest BCUT2D eigenvalue weighted by molar-refractivity contribution is -0.126. The van der Waals surface area contributed by atoms with Crippen LogP contribution < -0.4 is 15.4 Å². The Morgan fingerprint density at radius 3 is 2.60 bits per heavy atom. The molecule has 0 bridgehead atoms. The van der Waals surface area contributed by atoms with Gasteiger partial charge in [0.1, 0.15) is 19.0 Å². The van der Waals surface area contributed by atoms with E-state index in [-0.39, 0.29) is 42.4 Å². The minimum absolute atomic E-state index is 0.0778. The lowest BCUT2D eigenvalue weighted by atomic mass is 10.0. The molecule has 0 spiro atoms. The third kappa shape index (κ3) is 9.44. The van der Waals surface area contributed by atoms with Gasteiger partial charge in [0.15, 0.2) is 15.9 Å². The smallest absolute Gasteiger partial charge is 0.489 e. The first-order valence-corrected chi connectivity index (χ1v) is 17.7. The molecule has 0 saturated carbocycles. The van der Waals surface area contributed by atoms with Crippen LogP contribution in [0, 0.1) is 11.8 Å². The number of nitrogens with zero attached hydrogens (tertiary/aromatic N) is 1. The van der Waals surface area contributed by atoms with Crippen molar-refractivity contribution in [1.82, 2.24) is 4.90 Å². The molecule has 47 heavy (non-hydrogen) atoms. The Hall–Kier alpha value is -3.71. The fourth-order valence-electron chi connectivity index (χ4n) is 5.48. The van der Waals surface area contributed by atoms with Crippen LogP contribution in [0.25, 0.3) is 10.1 Å². The van der Waals surface area contributed by atoms with Gasteiger partial charge in [-0.15, -0.1) is 11.3 Å². The van der Waals surface area contributed by atoms with Gasteiger partial charge in [-0.1, -0.05) is 24.0 Å². The summed E-state index contributed by atoms with van der Waals surface area (Å²) in [5.41, 5.74) is 1.39. The van der Waals surface area contributed by atoms with Gasteiger partial charge in [0, 0.05) is 45.1 Å². The summed E-state index contributed by atoms with van der Waals surface area (Å²) in [6, 6.07) is 9.87. The number of carbonyl (C=O) groups excluding carboxylic acids is 1. The molecule has 0 radical (unpaired) electrons. The molecule has 1 aromatic heterocycles. The van der Waals surface area contributed by atoms with Gasteiger partial charge in [-0.05, 0) is 42.0 Å². The number of rotatable bonds is 12. The van der Waals surface area contributed by atoms with Gasteiger partial charge in [0.25, 0.3) is 0 Å². The number of fused-ring (bicyclic) bond motifs is 1. The lowest BCUT2D eigenvalue weighted by Gasteiger charge is -2.33. The number of nitrogens with one attached hydrogen (secondary N) is 2. The standard InChI is InChI=1S/C32H36F3N3O7S2/c1-42-15-16-43-28-17-23(47(2,40)41)8-9-26(28)36-12-4-7-29-25(18-32(33,34)35)24-5-3-6-27(30(24)46-29)37-21-10-13-38(14-11-21)19-22-20-44-31(39)45-22/h3,5-6,8-9,17,21-22,36-37H,10-16,18-20H2,1-2H3. The highest BCUT2D eigenvalue weighted by molar-refractivity contribution is 7.90. The van der Waals surface area contributed by atoms with Gasteiger partial charge in [0.05, 0.1) is 45.4 Å². The molecule has 0 aliphatic carbocycles. The number of anilines is 2. The Morgan fingerprint density at radius 2 is 1.91 bits per heavy atom. The van der Waals surface area contributed by atoms with Crippen LogP contribution in [0.15, 0.2) is 41.3 Å². The minimum atomic E-state index is -4.42. The molecule has 2 fully saturated rings. The quantitative estimate of drug-likeness (QED) is 0.147. The maximum atomic E-state index is 13.7. The van der Waals surface area contributed by atoms with E-state index >= 15 is 0 Å². The van der Waals surface area contributed by atoms with Gasteiger partial charge in [-0.2, -0.15) is 13.2 Å². The first-order valence-electron chi connectivity index (χ1n) is 15.0. The lowest BCUT2D eigenvalue weighted by Crippen LogP contribution is -2.43. The van der Waals surface area contributed by atoms with Crippen LogP contribution in [0.5, 0.6) is 5.75 Å². The summed E-state index contributed by atoms with van der Waals surface area (Å²) in [6.07, 6.45) is -3.70. The second kappa shape index (κ2) is 15.0. The summed E-state index contributed by atoms with van der Waals surface area (Å²) in [6.45, 7) is 2.98. The zero-order chi connectivity index (χ0) is 33.6. The van der Waals surface area contributed by atoms with Crippen LogP contribution in [0.3, 0.4) is 0 Å². The van der Waals surface area contributed by atoms with Crippen molar-refractivity contribution < 1.29 is 45.3 Å². The first kappa shape index (κ1) is 34.6. The van der Waals surface area contributed by atoms with Crippen molar-refractivity contribution in [3.05, 3.63) is 46.8 Å². The van der Waals surface area contributed by atoms with Crippen molar-refractivity contribution >= 4 is 48.8 Å². The highest BCUT2D eigenvalue weighted by atomic mass is 32.2. The Kier molecular flexibility index (Phi) is 11.1. The van der Waals surface area contributed by atoms with Gasteiger partial charge < -0.3 is 29.6 Å². The second-order valence-corrected chi connectivity index (χ2v) is 14.4. The summed E-state index contributed by atoms with van der Waals surface area (Å²) in [5, 5.41) is 7.14. The average Bonchev–Trinajstić information content (AvgIpc) is 3.58. The molecule has 3 heterocycles. The first-order chi connectivity index (χ1) is 22.4. The number of methoxy groups -OCH3 is 1. The largest absolute Gasteiger partial charge is 0.508 e. The van der Waals surface area contributed by atoms with Crippen LogP contribution in [0.2, 0.25) is 0 Å². The number of sulfone groups is 1. The molecule has 10 nitrogen and oxygen atoms in total. The van der Waals surface area contributed by atoms with Crippen LogP contribution in [0.1, 0.15) is 23.3 Å². The monoisotopic (exact) mass is 695 g/mol. The van der Waals surface area contributed by atoms with Crippen LogP contribution in [0.4, 0.5) is 29.3 Å². The van der Waals surface area contributed by atoms with Gasteiger partial charge in [-0.3, -0.25) is 4.90 Å².